The summed E-state index contributed by atoms with van der Waals surface area (Å²) in [6, 6.07) is 21.0. The zero-order chi connectivity index (χ0) is 28.4. The number of rotatable bonds is 8. The van der Waals surface area contributed by atoms with Crippen LogP contribution in [0.5, 0.6) is 17.2 Å². The molecule has 40 heavy (non-hydrogen) atoms. The Balaban J connectivity index is 1.43. The summed E-state index contributed by atoms with van der Waals surface area (Å²) in [6.45, 7) is 0.235. The molecule has 4 aromatic rings. The highest BCUT2D eigenvalue weighted by Crippen LogP contribution is 2.39. The highest BCUT2D eigenvalue weighted by molar-refractivity contribution is 7.91. The number of sulfone groups is 1. The summed E-state index contributed by atoms with van der Waals surface area (Å²) in [5.41, 5.74) is 1.07. The molecule has 4 aromatic carbocycles. The summed E-state index contributed by atoms with van der Waals surface area (Å²) in [6.07, 6.45) is 0. The number of halogens is 1. The van der Waals surface area contributed by atoms with E-state index in [-0.39, 0.29) is 39.6 Å². The van der Waals surface area contributed by atoms with Crippen molar-refractivity contribution in [2.75, 3.05) is 27.4 Å². The van der Waals surface area contributed by atoms with Gasteiger partial charge in [-0.05, 0) is 59.7 Å². The van der Waals surface area contributed by atoms with Gasteiger partial charge in [0.15, 0.2) is 17.3 Å². The molecule has 10 heteroatoms. The van der Waals surface area contributed by atoms with E-state index in [1.165, 1.54) is 44.6 Å². The Bertz CT molecular complexity index is 1750. The number of carbonyl (C=O) groups excluding carboxylic acids is 2. The van der Waals surface area contributed by atoms with Gasteiger partial charge in [0.25, 0.3) is 5.91 Å². The van der Waals surface area contributed by atoms with Gasteiger partial charge in [-0.25, -0.2) is 8.42 Å². The number of methoxy groups -OCH3 is 2. The lowest BCUT2D eigenvalue weighted by Gasteiger charge is -2.22. The molecule has 0 saturated heterocycles. The maximum absolute atomic E-state index is 13.7. The summed E-state index contributed by atoms with van der Waals surface area (Å²) in [4.78, 5) is 26.3. The number of para-hydroxylation sites is 1. The lowest BCUT2D eigenvalue weighted by Crippen LogP contribution is -2.31. The zero-order valence-corrected chi connectivity index (χ0v) is 23.1. The van der Waals surface area contributed by atoms with Crippen molar-refractivity contribution in [3.63, 3.8) is 0 Å². The van der Waals surface area contributed by atoms with Crippen LogP contribution in [0, 0.1) is 0 Å². The molecule has 1 N–H and O–H groups in total. The van der Waals surface area contributed by atoms with Gasteiger partial charge in [-0.3, -0.25) is 9.59 Å². The largest absolute Gasteiger partial charge is 0.493 e. The minimum atomic E-state index is -4.11. The molecule has 5 rings (SSSR count). The number of ether oxygens (including phenoxy) is 3. The van der Waals surface area contributed by atoms with Gasteiger partial charge in [0.2, 0.25) is 9.84 Å². The molecule has 0 aliphatic carbocycles. The smallest absolute Gasteiger partial charge is 0.252 e. The van der Waals surface area contributed by atoms with Gasteiger partial charge in [-0.2, -0.15) is 0 Å². The van der Waals surface area contributed by atoms with E-state index in [4.69, 9.17) is 25.8 Å². The van der Waals surface area contributed by atoms with Gasteiger partial charge in [-0.15, -0.1) is 0 Å². The first-order valence-electron chi connectivity index (χ1n) is 12.2. The van der Waals surface area contributed by atoms with E-state index in [1.54, 1.807) is 48.5 Å². The molecule has 0 fully saturated rings. The summed E-state index contributed by atoms with van der Waals surface area (Å²) in [5, 5.41) is 3.12. The number of carbonyl (C=O) groups is 2. The molecule has 0 saturated carbocycles. The predicted molar refractivity (Wildman–Crippen MR) is 150 cm³/mol. The van der Waals surface area contributed by atoms with E-state index in [0.717, 1.165) is 0 Å². The van der Waals surface area contributed by atoms with Crippen molar-refractivity contribution >= 4 is 33.1 Å². The fourth-order valence-corrected chi connectivity index (χ4v) is 6.43. The summed E-state index contributed by atoms with van der Waals surface area (Å²) in [7, 11) is -1.08. The molecule has 1 aliphatic rings. The van der Waals surface area contributed by atoms with E-state index in [0.29, 0.717) is 33.4 Å². The lowest BCUT2D eigenvalue weighted by atomic mass is 9.95. The molecule has 0 radical (unpaired) electrons. The fraction of sp³-hybridized carbons (Fsp3) is 0.133. The number of hydrogen-bond acceptors (Lipinski definition) is 7. The van der Waals surface area contributed by atoms with Crippen LogP contribution in [0.3, 0.4) is 0 Å². The number of nitrogens with one attached hydrogen (secondary N) is 1. The van der Waals surface area contributed by atoms with Crippen LogP contribution in [0.1, 0.15) is 26.3 Å². The van der Waals surface area contributed by atoms with E-state index >= 15 is 0 Å². The van der Waals surface area contributed by atoms with Crippen LogP contribution in [0.25, 0.3) is 11.1 Å². The lowest BCUT2D eigenvalue weighted by molar-refractivity contribution is 0.0934. The van der Waals surface area contributed by atoms with Crippen LogP contribution in [0.4, 0.5) is 0 Å². The number of benzene rings is 4. The highest BCUT2D eigenvalue weighted by atomic mass is 35.5. The molecule has 0 bridgehead atoms. The second kappa shape index (κ2) is 11.0. The van der Waals surface area contributed by atoms with Gasteiger partial charge < -0.3 is 19.5 Å². The Labute approximate surface area is 236 Å². The summed E-state index contributed by atoms with van der Waals surface area (Å²) in [5.74, 6) is 0.350. The van der Waals surface area contributed by atoms with E-state index in [1.807, 2.05) is 0 Å². The summed E-state index contributed by atoms with van der Waals surface area (Å²) < 4.78 is 43.7. The van der Waals surface area contributed by atoms with E-state index in [9.17, 15) is 18.0 Å². The van der Waals surface area contributed by atoms with Crippen molar-refractivity contribution in [2.24, 2.45) is 0 Å². The Kier molecular flexibility index (Phi) is 7.51. The topological polar surface area (TPSA) is 108 Å². The Hall–Kier alpha value is -4.34. The van der Waals surface area contributed by atoms with Crippen LogP contribution < -0.4 is 19.5 Å². The van der Waals surface area contributed by atoms with Gasteiger partial charge in [-0.1, -0.05) is 41.9 Å². The minimum Gasteiger partial charge on any atom is -0.493 e. The average Bonchev–Trinajstić information content (AvgIpc) is 2.98. The van der Waals surface area contributed by atoms with Crippen molar-refractivity contribution in [3.8, 4) is 28.4 Å². The van der Waals surface area contributed by atoms with Gasteiger partial charge in [0.05, 0.1) is 46.7 Å². The molecule has 1 aliphatic heterocycles. The van der Waals surface area contributed by atoms with Gasteiger partial charge in [0.1, 0.15) is 12.4 Å². The molecule has 8 nitrogen and oxygen atoms in total. The maximum atomic E-state index is 13.7. The van der Waals surface area contributed by atoms with Crippen LogP contribution in [0.2, 0.25) is 5.02 Å². The monoisotopic (exact) mass is 577 g/mol. The minimum absolute atomic E-state index is 0.000899. The number of ketones is 1. The predicted octanol–water partition coefficient (Wildman–Crippen LogP) is 5.21. The Morgan fingerprint density at radius 2 is 1.55 bits per heavy atom. The molecular formula is C30H24ClNO7S. The van der Waals surface area contributed by atoms with Crippen LogP contribution in [0.15, 0.2) is 88.7 Å². The quantitative estimate of drug-likeness (QED) is 0.252. The SMILES string of the molecule is COc1ccc(-c2ccc3c(c2)S(=O)(=O)c2cccc(C(=O)NCCOc4ccccc4Cl)c2C3=O)cc1OC. The molecule has 0 unspecified atom stereocenters. The first-order chi connectivity index (χ1) is 19.3. The number of amides is 1. The van der Waals surface area contributed by atoms with Crippen molar-refractivity contribution in [3.05, 3.63) is 101 Å². The second-order valence-corrected chi connectivity index (χ2v) is 11.1. The molecule has 204 valence electrons. The summed E-state index contributed by atoms with van der Waals surface area (Å²) >= 11 is 6.08. The molecule has 0 spiro atoms. The molecule has 1 heterocycles. The third-order valence-electron chi connectivity index (χ3n) is 6.50. The first-order valence-corrected chi connectivity index (χ1v) is 14.1. The van der Waals surface area contributed by atoms with Crippen LogP contribution in [-0.2, 0) is 9.84 Å². The fourth-order valence-electron chi connectivity index (χ4n) is 4.54. The number of hydrogen-bond donors (Lipinski definition) is 1. The molecule has 0 aromatic heterocycles. The zero-order valence-electron chi connectivity index (χ0n) is 21.6. The van der Waals surface area contributed by atoms with E-state index in [2.05, 4.69) is 5.32 Å². The van der Waals surface area contributed by atoms with Crippen molar-refractivity contribution in [1.29, 1.82) is 0 Å². The molecular weight excluding hydrogens is 554 g/mol. The van der Waals surface area contributed by atoms with E-state index < -0.39 is 21.5 Å². The third kappa shape index (κ3) is 4.89. The van der Waals surface area contributed by atoms with Gasteiger partial charge in [0, 0.05) is 5.56 Å². The van der Waals surface area contributed by atoms with Gasteiger partial charge >= 0.3 is 0 Å². The van der Waals surface area contributed by atoms with Crippen LogP contribution in [-0.4, -0.2) is 47.5 Å². The third-order valence-corrected chi connectivity index (χ3v) is 8.65. The molecule has 1 amide bonds. The maximum Gasteiger partial charge on any atom is 0.252 e. The molecule has 0 atom stereocenters. The first kappa shape index (κ1) is 27.2. The Morgan fingerprint density at radius 1 is 0.825 bits per heavy atom. The average molecular weight is 578 g/mol. The Morgan fingerprint density at radius 3 is 2.30 bits per heavy atom. The second-order valence-electron chi connectivity index (χ2n) is 8.83. The normalized spacial score (nSPS) is 13.1. The van der Waals surface area contributed by atoms with Crippen molar-refractivity contribution in [1.82, 2.24) is 5.32 Å². The standard InChI is InChI=1S/C30H24ClNO7S/c1-37-24-13-11-18(16-25(24)38-2)19-10-12-20-27(17-19)40(35,36)26-9-5-6-21(28(26)29(20)33)30(34)32-14-15-39-23-8-4-3-7-22(23)31/h3-13,16-17H,14-15H2,1-2H3,(H,32,34). The van der Waals surface area contributed by atoms with Crippen molar-refractivity contribution < 1.29 is 32.2 Å². The van der Waals surface area contributed by atoms with Crippen molar-refractivity contribution in [2.45, 2.75) is 9.79 Å². The highest BCUT2D eigenvalue weighted by Gasteiger charge is 2.37. The van der Waals surface area contributed by atoms with Crippen LogP contribution >= 0.6 is 11.6 Å². The number of fused-ring (bicyclic) bond motifs is 2.